The Morgan fingerprint density at radius 1 is 0.658 bits per heavy atom. The van der Waals surface area contributed by atoms with Crippen LogP contribution in [0.25, 0.3) is 44.1 Å². The lowest BCUT2D eigenvalue weighted by atomic mass is 9.93. The van der Waals surface area contributed by atoms with E-state index in [2.05, 4.69) is 132 Å². The Kier molecular flexibility index (Phi) is 6.14. The van der Waals surface area contributed by atoms with Gasteiger partial charge >= 0.3 is 0 Å². The first-order chi connectivity index (χ1) is 18.8. The van der Waals surface area contributed by atoms with Crippen molar-refractivity contribution < 1.29 is 0 Å². The van der Waals surface area contributed by atoms with Crippen molar-refractivity contribution in [2.24, 2.45) is 0 Å². The highest BCUT2D eigenvalue weighted by molar-refractivity contribution is 14.2. The molecule has 0 amide bonds. The first kappa shape index (κ1) is 23.2. The van der Waals surface area contributed by atoms with E-state index in [1.165, 1.54) is 30.6 Å². The minimum atomic E-state index is -0.0546. The molecule has 0 N–H and O–H groups in total. The maximum atomic E-state index is 5.20. The first-order valence-corrected chi connectivity index (χ1v) is 15.2. The Balaban J connectivity index is 1.38. The van der Waals surface area contributed by atoms with Crippen LogP contribution in [0.1, 0.15) is 18.2 Å². The van der Waals surface area contributed by atoms with Gasteiger partial charge in [-0.05, 0) is 49.8 Å². The summed E-state index contributed by atoms with van der Waals surface area (Å²) in [4.78, 5) is 10.4. The van der Waals surface area contributed by atoms with E-state index in [1.807, 2.05) is 0 Å². The molecule has 0 bridgehead atoms. The number of nitrogens with zero attached hydrogens (tertiary/aromatic N) is 2. The molecule has 182 valence electrons. The highest BCUT2D eigenvalue weighted by Crippen LogP contribution is 2.35. The van der Waals surface area contributed by atoms with Crippen molar-refractivity contribution in [3.63, 3.8) is 0 Å². The summed E-state index contributed by atoms with van der Waals surface area (Å²) in [6.45, 7) is 0. The molecule has 38 heavy (non-hydrogen) atoms. The fourth-order valence-electron chi connectivity index (χ4n) is 5.28. The van der Waals surface area contributed by atoms with Crippen LogP contribution in [0, 0.1) is 0 Å². The summed E-state index contributed by atoms with van der Waals surface area (Å²) in [7, 11) is 0. The quantitative estimate of drug-likeness (QED) is 0.192. The fraction of sp³-hybridized carbons (Fsp3) is 0.0571. The maximum absolute atomic E-state index is 5.20. The number of benzene rings is 4. The molecule has 0 fully saturated rings. The molecule has 1 aliphatic carbocycles. The van der Waals surface area contributed by atoms with Crippen molar-refractivity contribution >= 4 is 45.8 Å². The lowest BCUT2D eigenvalue weighted by Gasteiger charge is -2.18. The van der Waals surface area contributed by atoms with Crippen molar-refractivity contribution in [3.05, 3.63) is 143 Å². The van der Waals surface area contributed by atoms with Gasteiger partial charge in [0, 0.05) is 20.6 Å². The molecule has 3 heteroatoms. The third kappa shape index (κ3) is 4.37. The monoisotopic (exact) mass is 600 g/mol. The largest absolute Gasteiger partial charge is 0.232 e. The molecule has 1 aromatic heterocycles. The number of aromatic nitrogens is 2. The Morgan fingerprint density at radius 3 is 1.87 bits per heavy atom. The smallest absolute Gasteiger partial charge is 0.136 e. The van der Waals surface area contributed by atoms with Crippen molar-refractivity contribution in [1.82, 2.24) is 9.97 Å². The van der Waals surface area contributed by atoms with Gasteiger partial charge in [0.05, 0.1) is 11.4 Å². The maximum Gasteiger partial charge on any atom is 0.136 e. The van der Waals surface area contributed by atoms with Crippen LogP contribution in [0.4, 0.5) is 0 Å². The number of hydrogen-bond acceptors (Lipinski definition) is 2. The Bertz CT molecular complexity index is 1750. The third-order valence-corrected chi connectivity index (χ3v) is 9.62. The van der Waals surface area contributed by atoms with Gasteiger partial charge in [-0.15, -0.1) is 0 Å². The highest BCUT2D eigenvalue weighted by atomic mass is 127. The van der Waals surface area contributed by atoms with Gasteiger partial charge in [-0.3, -0.25) is 0 Å². The molecule has 5 aromatic rings. The Labute approximate surface area is 232 Å². The van der Waals surface area contributed by atoms with Crippen LogP contribution in [0.3, 0.4) is 0 Å². The molecule has 2 aliphatic rings. The van der Waals surface area contributed by atoms with Crippen LogP contribution >= 0.6 is 20.7 Å². The normalized spacial score (nSPS) is 16.8. The van der Waals surface area contributed by atoms with Crippen molar-refractivity contribution in [2.45, 2.75) is 12.3 Å². The van der Waals surface area contributed by atoms with Gasteiger partial charge in [-0.25, -0.2) is 9.97 Å². The zero-order chi connectivity index (χ0) is 25.3. The molecule has 1 atom stereocenters. The lowest BCUT2D eigenvalue weighted by Crippen LogP contribution is -2.08. The fourth-order valence-corrected chi connectivity index (χ4v) is 7.29. The summed E-state index contributed by atoms with van der Waals surface area (Å²) in [5.74, 6) is 1.02. The van der Waals surface area contributed by atoms with E-state index in [1.54, 1.807) is 0 Å². The molecule has 1 unspecified atom stereocenters. The van der Waals surface area contributed by atoms with Gasteiger partial charge in [-0.2, -0.15) is 0 Å². The van der Waals surface area contributed by atoms with E-state index >= 15 is 0 Å². The van der Waals surface area contributed by atoms with Crippen molar-refractivity contribution in [1.29, 1.82) is 0 Å². The molecule has 0 saturated carbocycles. The lowest BCUT2D eigenvalue weighted by molar-refractivity contribution is 0.773. The summed E-state index contributed by atoms with van der Waals surface area (Å²) < 4.78 is 3.80. The molecule has 0 saturated heterocycles. The number of halogens is 1. The summed E-state index contributed by atoms with van der Waals surface area (Å²) in [5, 5.41) is 4.86. The highest BCUT2D eigenvalue weighted by Gasteiger charge is 2.19. The number of fused-ring (bicyclic) bond motifs is 2. The second-order valence-corrected chi connectivity index (χ2v) is 12.0. The molecule has 0 spiro atoms. The standard InChI is InChI=1S/C35H25IN2/c1-3-13-28-24(9-1)11-7-15-30(28)33-23-34(31-16-8-12-25-10-2-4-14-29(25)31)38-35(37-33)27-20-18-26(19-21-27)32-17-5-6-22-36-32/h1-20,22-23,27H,21H2. The summed E-state index contributed by atoms with van der Waals surface area (Å²) in [6, 6.07) is 32.2. The molecule has 4 aromatic carbocycles. The third-order valence-electron chi connectivity index (χ3n) is 7.19. The van der Waals surface area contributed by atoms with Gasteiger partial charge in [0.15, 0.2) is 0 Å². The zero-order valence-corrected chi connectivity index (χ0v) is 22.9. The summed E-state index contributed by atoms with van der Waals surface area (Å²) >= 11 is -0.0546. The summed E-state index contributed by atoms with van der Waals surface area (Å²) in [6.07, 6.45) is 14.4. The second kappa shape index (κ2) is 10.1. The minimum absolute atomic E-state index is 0.0546. The van der Waals surface area contributed by atoms with E-state index in [4.69, 9.17) is 9.97 Å². The van der Waals surface area contributed by atoms with Gasteiger partial charge in [0.2, 0.25) is 0 Å². The topological polar surface area (TPSA) is 25.8 Å². The van der Waals surface area contributed by atoms with Crippen LogP contribution in [0.2, 0.25) is 0 Å². The van der Waals surface area contributed by atoms with Gasteiger partial charge < -0.3 is 0 Å². The average molecular weight is 601 g/mol. The first-order valence-electron chi connectivity index (χ1n) is 12.9. The Hall–Kier alpha value is -3.96. The SMILES string of the molecule is C1=CI=C(C2=CCC(c3nc(-c4cccc5ccccc45)cc(-c4cccc5ccccc45)n3)C=C2)C=C1. The van der Waals surface area contributed by atoms with Crippen LogP contribution in [-0.4, -0.2) is 13.5 Å². The summed E-state index contributed by atoms with van der Waals surface area (Å²) in [5.41, 5.74) is 5.58. The van der Waals surface area contributed by atoms with Gasteiger partial charge in [0.1, 0.15) is 5.82 Å². The van der Waals surface area contributed by atoms with E-state index in [0.29, 0.717) is 0 Å². The molecule has 2 heterocycles. The molecular weight excluding hydrogens is 575 g/mol. The minimum Gasteiger partial charge on any atom is -0.232 e. The van der Waals surface area contributed by atoms with Gasteiger partial charge in [0.25, 0.3) is 0 Å². The van der Waals surface area contributed by atoms with Crippen LogP contribution in [-0.2, 0) is 0 Å². The number of hydrogen-bond donors (Lipinski definition) is 0. The van der Waals surface area contributed by atoms with Crippen molar-refractivity contribution in [3.8, 4) is 22.5 Å². The Morgan fingerprint density at radius 2 is 1.29 bits per heavy atom. The molecular formula is C35H25IN2. The average Bonchev–Trinajstić information content (AvgIpc) is 3.01. The predicted molar refractivity (Wildman–Crippen MR) is 170 cm³/mol. The van der Waals surface area contributed by atoms with Crippen LogP contribution in [0.5, 0.6) is 0 Å². The van der Waals surface area contributed by atoms with Crippen LogP contribution < -0.4 is 0 Å². The van der Waals surface area contributed by atoms with E-state index in [-0.39, 0.29) is 26.6 Å². The molecule has 7 rings (SSSR count). The van der Waals surface area contributed by atoms with Crippen LogP contribution in [0.15, 0.2) is 137 Å². The number of allylic oxidation sites excluding steroid dienone is 7. The second-order valence-electron chi connectivity index (χ2n) is 9.55. The van der Waals surface area contributed by atoms with E-state index < -0.39 is 0 Å². The van der Waals surface area contributed by atoms with Crippen molar-refractivity contribution in [2.75, 3.05) is 0 Å². The van der Waals surface area contributed by atoms with E-state index in [9.17, 15) is 0 Å². The predicted octanol–water partition coefficient (Wildman–Crippen LogP) is 9.31. The molecule has 0 radical (unpaired) electrons. The molecule has 2 nitrogen and oxygen atoms in total. The molecule has 1 aliphatic heterocycles. The number of rotatable bonds is 4. The van der Waals surface area contributed by atoms with E-state index in [0.717, 1.165) is 34.8 Å². The zero-order valence-electron chi connectivity index (χ0n) is 20.8. The van der Waals surface area contributed by atoms with Gasteiger partial charge in [-0.1, -0.05) is 136 Å².